The highest BCUT2D eigenvalue weighted by molar-refractivity contribution is 5.32. The lowest BCUT2D eigenvalue weighted by atomic mass is 9.97. The number of benzene rings is 1. The second kappa shape index (κ2) is 5.89. The summed E-state index contributed by atoms with van der Waals surface area (Å²) in [6.45, 7) is 5.36. The molecule has 2 heteroatoms. The van der Waals surface area contributed by atoms with E-state index in [1.165, 1.54) is 16.7 Å². The summed E-state index contributed by atoms with van der Waals surface area (Å²) in [7, 11) is 4.02. The Bertz CT molecular complexity index is 307. The Morgan fingerprint density at radius 1 is 1.20 bits per heavy atom. The second-order valence-electron chi connectivity index (χ2n) is 4.09. The van der Waals surface area contributed by atoms with Crippen molar-refractivity contribution < 1.29 is 0 Å². The van der Waals surface area contributed by atoms with E-state index in [1.54, 1.807) is 0 Å². The average Bonchev–Trinajstić information content (AvgIpc) is 2.21. The van der Waals surface area contributed by atoms with Gasteiger partial charge in [0.25, 0.3) is 0 Å². The third-order valence-corrected chi connectivity index (χ3v) is 2.83. The third-order valence-electron chi connectivity index (χ3n) is 2.83. The van der Waals surface area contributed by atoms with Crippen LogP contribution in [-0.4, -0.2) is 20.6 Å². The van der Waals surface area contributed by atoms with Gasteiger partial charge in [-0.15, -0.1) is 0 Å². The predicted octanol–water partition coefficient (Wildman–Crippen LogP) is 2.17. The maximum Gasteiger partial charge on any atom is 0.0332 e. The lowest BCUT2D eigenvalue weighted by molar-refractivity contribution is 0.531. The van der Waals surface area contributed by atoms with E-state index >= 15 is 0 Å². The maximum atomic E-state index is 3.37. The zero-order valence-corrected chi connectivity index (χ0v) is 10.2. The first kappa shape index (κ1) is 12.2. The molecule has 0 aliphatic heterocycles. The lowest BCUT2D eigenvalue weighted by Gasteiger charge is -2.19. The van der Waals surface area contributed by atoms with Crippen LogP contribution in [0.25, 0.3) is 0 Å². The number of rotatable bonds is 5. The summed E-state index contributed by atoms with van der Waals surface area (Å²) in [5.41, 5.74) is 4.13. The van der Waals surface area contributed by atoms with Crippen molar-refractivity contribution in [2.75, 3.05) is 20.6 Å². The second-order valence-corrected chi connectivity index (χ2v) is 4.09. The van der Waals surface area contributed by atoms with Gasteiger partial charge in [0.15, 0.2) is 0 Å². The molecule has 0 saturated heterocycles. The zero-order chi connectivity index (χ0) is 11.3. The van der Waals surface area contributed by atoms with Gasteiger partial charge in [0.05, 0.1) is 0 Å². The topological polar surface area (TPSA) is 24.1 Å². The quantitative estimate of drug-likeness (QED) is 0.771. The molecular weight excluding hydrogens is 184 g/mol. The first-order valence-electron chi connectivity index (χ1n) is 5.58. The van der Waals surface area contributed by atoms with Gasteiger partial charge in [0.2, 0.25) is 0 Å². The van der Waals surface area contributed by atoms with Crippen LogP contribution in [0.4, 0.5) is 0 Å². The molecule has 2 nitrogen and oxygen atoms in total. The van der Waals surface area contributed by atoms with E-state index < -0.39 is 0 Å². The predicted molar refractivity (Wildman–Crippen MR) is 66.3 cm³/mol. The molecule has 1 rings (SSSR count). The highest BCUT2D eigenvalue weighted by atomic mass is 14.9. The molecule has 15 heavy (non-hydrogen) atoms. The van der Waals surface area contributed by atoms with Gasteiger partial charge in [-0.05, 0) is 52.0 Å². The van der Waals surface area contributed by atoms with Gasteiger partial charge in [0, 0.05) is 6.04 Å². The van der Waals surface area contributed by atoms with Crippen LogP contribution < -0.4 is 10.6 Å². The van der Waals surface area contributed by atoms with Crippen LogP contribution in [0.5, 0.6) is 0 Å². The SMILES string of the molecule is CNCCC(NC)c1ccc(C)cc1C. The van der Waals surface area contributed by atoms with E-state index in [-0.39, 0.29) is 0 Å². The van der Waals surface area contributed by atoms with Gasteiger partial charge < -0.3 is 10.6 Å². The van der Waals surface area contributed by atoms with Crippen molar-refractivity contribution in [1.82, 2.24) is 10.6 Å². The zero-order valence-electron chi connectivity index (χ0n) is 10.2. The Morgan fingerprint density at radius 2 is 1.93 bits per heavy atom. The van der Waals surface area contributed by atoms with Gasteiger partial charge in [0.1, 0.15) is 0 Å². The maximum absolute atomic E-state index is 3.37. The number of aryl methyl sites for hydroxylation is 2. The van der Waals surface area contributed by atoms with Gasteiger partial charge >= 0.3 is 0 Å². The number of hydrogen-bond acceptors (Lipinski definition) is 2. The molecule has 0 radical (unpaired) electrons. The van der Waals surface area contributed by atoms with E-state index in [0.717, 1.165) is 13.0 Å². The molecule has 0 saturated carbocycles. The number of hydrogen-bond donors (Lipinski definition) is 2. The summed E-state index contributed by atoms with van der Waals surface area (Å²) in [4.78, 5) is 0. The molecule has 0 bridgehead atoms. The minimum Gasteiger partial charge on any atom is -0.320 e. The summed E-state index contributed by atoms with van der Waals surface area (Å²) in [6, 6.07) is 7.13. The molecule has 1 atom stereocenters. The normalized spacial score (nSPS) is 12.8. The van der Waals surface area contributed by atoms with Crippen molar-refractivity contribution in [3.8, 4) is 0 Å². The Labute approximate surface area is 93.1 Å². The molecule has 1 aromatic carbocycles. The Kier molecular flexibility index (Phi) is 4.79. The smallest absolute Gasteiger partial charge is 0.0332 e. The first-order chi connectivity index (χ1) is 7.19. The summed E-state index contributed by atoms with van der Waals surface area (Å²) < 4.78 is 0. The molecule has 0 fully saturated rings. The molecule has 0 spiro atoms. The van der Waals surface area contributed by atoms with Crippen LogP contribution in [0.2, 0.25) is 0 Å². The Morgan fingerprint density at radius 3 is 2.47 bits per heavy atom. The van der Waals surface area contributed by atoms with E-state index in [4.69, 9.17) is 0 Å². The van der Waals surface area contributed by atoms with Gasteiger partial charge in [-0.3, -0.25) is 0 Å². The molecule has 0 amide bonds. The van der Waals surface area contributed by atoms with Crippen molar-refractivity contribution >= 4 is 0 Å². The highest BCUT2D eigenvalue weighted by Gasteiger charge is 2.10. The fourth-order valence-corrected chi connectivity index (χ4v) is 1.96. The van der Waals surface area contributed by atoms with Crippen molar-refractivity contribution in [1.29, 1.82) is 0 Å². The standard InChI is InChI=1S/C13H22N2/c1-10-5-6-12(11(2)9-10)13(15-4)7-8-14-3/h5-6,9,13-15H,7-8H2,1-4H3. The van der Waals surface area contributed by atoms with E-state index in [0.29, 0.717) is 6.04 Å². The largest absolute Gasteiger partial charge is 0.320 e. The summed E-state index contributed by atoms with van der Waals surface area (Å²) >= 11 is 0. The minimum absolute atomic E-state index is 0.457. The highest BCUT2D eigenvalue weighted by Crippen LogP contribution is 2.20. The van der Waals surface area contributed by atoms with Crippen LogP contribution in [0.1, 0.15) is 29.2 Å². The molecular formula is C13H22N2. The Hall–Kier alpha value is -0.860. The fourth-order valence-electron chi connectivity index (χ4n) is 1.96. The molecule has 0 aliphatic rings. The van der Waals surface area contributed by atoms with Crippen LogP contribution >= 0.6 is 0 Å². The van der Waals surface area contributed by atoms with Crippen molar-refractivity contribution in [2.45, 2.75) is 26.3 Å². The van der Waals surface area contributed by atoms with Crippen molar-refractivity contribution in [3.05, 3.63) is 34.9 Å². The lowest BCUT2D eigenvalue weighted by Crippen LogP contribution is -2.22. The summed E-state index contributed by atoms with van der Waals surface area (Å²) in [5.74, 6) is 0. The monoisotopic (exact) mass is 206 g/mol. The van der Waals surface area contributed by atoms with Crippen LogP contribution in [0.15, 0.2) is 18.2 Å². The molecule has 2 N–H and O–H groups in total. The molecule has 0 aliphatic carbocycles. The van der Waals surface area contributed by atoms with Crippen LogP contribution in [0.3, 0.4) is 0 Å². The van der Waals surface area contributed by atoms with Crippen molar-refractivity contribution in [3.63, 3.8) is 0 Å². The third kappa shape index (κ3) is 3.33. The summed E-state index contributed by atoms with van der Waals surface area (Å²) in [6.07, 6.45) is 1.12. The van der Waals surface area contributed by atoms with Gasteiger partial charge in [-0.2, -0.15) is 0 Å². The molecule has 1 unspecified atom stereocenters. The van der Waals surface area contributed by atoms with Gasteiger partial charge in [-0.1, -0.05) is 23.8 Å². The van der Waals surface area contributed by atoms with E-state index in [1.807, 2.05) is 14.1 Å². The molecule has 0 aromatic heterocycles. The van der Waals surface area contributed by atoms with Gasteiger partial charge in [-0.25, -0.2) is 0 Å². The molecule has 1 aromatic rings. The molecule has 0 heterocycles. The summed E-state index contributed by atoms with van der Waals surface area (Å²) in [5, 5.41) is 6.57. The molecule has 84 valence electrons. The van der Waals surface area contributed by atoms with E-state index in [9.17, 15) is 0 Å². The van der Waals surface area contributed by atoms with Crippen molar-refractivity contribution in [2.24, 2.45) is 0 Å². The van der Waals surface area contributed by atoms with Crippen LogP contribution in [0, 0.1) is 13.8 Å². The van der Waals surface area contributed by atoms with Crippen LogP contribution in [-0.2, 0) is 0 Å². The number of nitrogens with one attached hydrogen (secondary N) is 2. The average molecular weight is 206 g/mol. The van der Waals surface area contributed by atoms with E-state index in [2.05, 4.69) is 42.7 Å². The minimum atomic E-state index is 0.457. The fraction of sp³-hybridized carbons (Fsp3) is 0.538. The first-order valence-corrected chi connectivity index (χ1v) is 5.58. The Balaban J connectivity index is 2.81.